The third-order valence-electron chi connectivity index (χ3n) is 4.24. The van der Waals surface area contributed by atoms with E-state index in [1.165, 1.54) is 7.11 Å². The lowest BCUT2D eigenvalue weighted by molar-refractivity contribution is 0.0601. The molecule has 0 amide bonds. The number of ether oxygens (including phenoxy) is 1. The van der Waals surface area contributed by atoms with E-state index in [1.54, 1.807) is 6.07 Å². The van der Waals surface area contributed by atoms with Gasteiger partial charge in [0, 0.05) is 19.7 Å². The van der Waals surface area contributed by atoms with E-state index in [1.807, 2.05) is 30.3 Å². The molecule has 0 N–H and O–H groups in total. The van der Waals surface area contributed by atoms with Crippen LogP contribution in [0, 0.1) is 0 Å². The molecule has 4 aromatic rings. The Morgan fingerprint density at radius 2 is 1.44 bits per heavy atom. The highest BCUT2D eigenvalue weighted by Crippen LogP contribution is 2.36. The predicted molar refractivity (Wildman–Crippen MR) is 108 cm³/mol. The molecule has 3 nitrogen and oxygen atoms in total. The largest absolute Gasteiger partial charge is 0.465 e. The second-order valence-corrected chi connectivity index (χ2v) is 7.50. The maximum atomic E-state index is 12.3. The SMILES string of the molecule is COC(=O)c1ccccc1-n1c2ccc(Br)cc2c2cc(Br)ccc21. The number of methoxy groups -OCH3 is 1. The van der Waals surface area contributed by atoms with Crippen molar-refractivity contribution >= 4 is 59.6 Å². The van der Waals surface area contributed by atoms with E-state index in [4.69, 9.17) is 4.74 Å². The van der Waals surface area contributed by atoms with Crippen molar-refractivity contribution in [3.05, 3.63) is 75.2 Å². The summed E-state index contributed by atoms with van der Waals surface area (Å²) in [5.41, 5.74) is 3.41. The normalized spacial score (nSPS) is 11.2. The number of aromatic nitrogens is 1. The summed E-state index contributed by atoms with van der Waals surface area (Å²) in [7, 11) is 1.40. The number of carbonyl (C=O) groups excluding carboxylic acids is 1. The summed E-state index contributed by atoms with van der Waals surface area (Å²) in [6.45, 7) is 0. The summed E-state index contributed by atoms with van der Waals surface area (Å²) >= 11 is 7.11. The molecule has 0 aliphatic rings. The highest BCUT2D eigenvalue weighted by atomic mass is 79.9. The van der Waals surface area contributed by atoms with Gasteiger partial charge >= 0.3 is 5.97 Å². The number of hydrogen-bond donors (Lipinski definition) is 0. The fourth-order valence-electron chi connectivity index (χ4n) is 3.18. The summed E-state index contributed by atoms with van der Waals surface area (Å²) in [5.74, 6) is -0.347. The maximum Gasteiger partial charge on any atom is 0.339 e. The number of halogens is 2. The Morgan fingerprint density at radius 1 is 0.880 bits per heavy atom. The Morgan fingerprint density at radius 3 is 2.00 bits per heavy atom. The van der Waals surface area contributed by atoms with E-state index in [0.717, 1.165) is 36.4 Å². The molecule has 0 unspecified atom stereocenters. The average molecular weight is 459 g/mol. The summed E-state index contributed by atoms with van der Waals surface area (Å²) in [6.07, 6.45) is 0. The Labute approximate surface area is 161 Å². The van der Waals surface area contributed by atoms with Gasteiger partial charge < -0.3 is 9.30 Å². The molecule has 0 fully saturated rings. The molecule has 1 heterocycles. The molecule has 0 bridgehead atoms. The van der Waals surface area contributed by atoms with E-state index >= 15 is 0 Å². The van der Waals surface area contributed by atoms with Crippen LogP contribution < -0.4 is 0 Å². The van der Waals surface area contributed by atoms with Gasteiger partial charge in [-0.2, -0.15) is 0 Å². The monoisotopic (exact) mass is 457 g/mol. The van der Waals surface area contributed by atoms with Crippen LogP contribution in [0.3, 0.4) is 0 Å². The number of benzene rings is 3. The van der Waals surface area contributed by atoms with Crippen LogP contribution in [0.25, 0.3) is 27.5 Å². The minimum atomic E-state index is -0.347. The average Bonchev–Trinajstić information content (AvgIpc) is 2.94. The number of para-hydroxylation sites is 1. The predicted octanol–water partition coefficient (Wildman–Crippen LogP) is 6.10. The number of esters is 1. The molecule has 0 atom stereocenters. The van der Waals surface area contributed by atoms with Crippen molar-refractivity contribution in [2.45, 2.75) is 0 Å². The molecule has 0 spiro atoms. The summed E-state index contributed by atoms with van der Waals surface area (Å²) in [6, 6.07) is 19.8. The fourth-order valence-corrected chi connectivity index (χ4v) is 3.90. The molecule has 5 heteroatoms. The minimum absolute atomic E-state index is 0.347. The molecule has 1 aromatic heterocycles. The van der Waals surface area contributed by atoms with Gasteiger partial charge in [0.1, 0.15) is 0 Å². The van der Waals surface area contributed by atoms with Gasteiger partial charge in [-0.05, 0) is 48.5 Å². The van der Waals surface area contributed by atoms with Crippen LogP contribution in [0.5, 0.6) is 0 Å². The number of rotatable bonds is 2. The molecule has 4 rings (SSSR count). The first-order valence-electron chi connectivity index (χ1n) is 7.67. The third-order valence-corrected chi connectivity index (χ3v) is 5.23. The van der Waals surface area contributed by atoms with Gasteiger partial charge in [0.2, 0.25) is 0 Å². The summed E-state index contributed by atoms with van der Waals surface area (Å²) in [5, 5.41) is 2.23. The molecule has 0 saturated heterocycles. The smallest absolute Gasteiger partial charge is 0.339 e. The number of nitrogens with zero attached hydrogens (tertiary/aromatic N) is 1. The van der Waals surface area contributed by atoms with Gasteiger partial charge in [-0.1, -0.05) is 44.0 Å². The van der Waals surface area contributed by atoms with Crippen molar-refractivity contribution in [1.82, 2.24) is 4.57 Å². The van der Waals surface area contributed by atoms with Gasteiger partial charge in [-0.25, -0.2) is 4.79 Å². The molecule has 25 heavy (non-hydrogen) atoms. The van der Waals surface area contributed by atoms with Crippen LogP contribution in [-0.4, -0.2) is 17.6 Å². The van der Waals surface area contributed by atoms with Crippen molar-refractivity contribution < 1.29 is 9.53 Å². The fraction of sp³-hybridized carbons (Fsp3) is 0.0500. The summed E-state index contributed by atoms with van der Waals surface area (Å²) in [4.78, 5) is 12.3. The topological polar surface area (TPSA) is 31.2 Å². The molecular formula is C20H13Br2NO2. The quantitative estimate of drug-likeness (QED) is 0.340. The Balaban J connectivity index is 2.17. The standard InChI is InChI=1S/C20H13Br2NO2/c1-25-20(24)14-4-2-3-5-17(14)23-18-8-6-12(21)10-15(18)16-11-13(22)7-9-19(16)23/h2-11H,1H3. The molecule has 124 valence electrons. The first-order valence-corrected chi connectivity index (χ1v) is 9.25. The number of hydrogen-bond acceptors (Lipinski definition) is 2. The third kappa shape index (κ3) is 2.68. The zero-order valence-electron chi connectivity index (χ0n) is 13.3. The lowest BCUT2D eigenvalue weighted by atomic mass is 10.1. The van der Waals surface area contributed by atoms with Crippen LogP contribution in [0.1, 0.15) is 10.4 Å². The molecule has 0 aliphatic heterocycles. The van der Waals surface area contributed by atoms with Crippen molar-refractivity contribution in [1.29, 1.82) is 0 Å². The second-order valence-electron chi connectivity index (χ2n) is 5.67. The highest BCUT2D eigenvalue weighted by Gasteiger charge is 2.18. The van der Waals surface area contributed by atoms with Crippen LogP contribution in [-0.2, 0) is 4.74 Å². The lowest BCUT2D eigenvalue weighted by Crippen LogP contribution is -2.07. The van der Waals surface area contributed by atoms with Crippen LogP contribution in [0.4, 0.5) is 0 Å². The van der Waals surface area contributed by atoms with Gasteiger partial charge in [0.15, 0.2) is 0 Å². The van der Waals surface area contributed by atoms with Crippen molar-refractivity contribution in [3.63, 3.8) is 0 Å². The van der Waals surface area contributed by atoms with E-state index < -0.39 is 0 Å². The second kappa shape index (κ2) is 6.32. The zero-order valence-corrected chi connectivity index (χ0v) is 16.5. The van der Waals surface area contributed by atoms with Crippen molar-refractivity contribution in [2.75, 3.05) is 7.11 Å². The van der Waals surface area contributed by atoms with Crippen LogP contribution in [0.2, 0.25) is 0 Å². The zero-order chi connectivity index (χ0) is 17.6. The summed E-state index contributed by atoms with van der Waals surface area (Å²) < 4.78 is 9.11. The van der Waals surface area contributed by atoms with E-state index in [2.05, 4.69) is 60.7 Å². The lowest BCUT2D eigenvalue weighted by Gasteiger charge is -2.12. The number of fused-ring (bicyclic) bond motifs is 3. The van der Waals surface area contributed by atoms with E-state index in [9.17, 15) is 4.79 Å². The van der Waals surface area contributed by atoms with Gasteiger partial charge in [0.25, 0.3) is 0 Å². The first kappa shape index (κ1) is 16.4. The molecule has 3 aromatic carbocycles. The van der Waals surface area contributed by atoms with Crippen LogP contribution >= 0.6 is 31.9 Å². The van der Waals surface area contributed by atoms with Crippen molar-refractivity contribution in [3.8, 4) is 5.69 Å². The first-order chi connectivity index (χ1) is 12.1. The molecule has 0 radical (unpaired) electrons. The molecule has 0 aliphatic carbocycles. The molecule has 0 saturated carbocycles. The van der Waals surface area contributed by atoms with Crippen molar-refractivity contribution in [2.24, 2.45) is 0 Å². The van der Waals surface area contributed by atoms with Gasteiger partial charge in [-0.3, -0.25) is 0 Å². The van der Waals surface area contributed by atoms with E-state index in [-0.39, 0.29) is 5.97 Å². The number of carbonyl (C=O) groups is 1. The molecular weight excluding hydrogens is 446 g/mol. The van der Waals surface area contributed by atoms with E-state index in [0.29, 0.717) is 5.56 Å². The van der Waals surface area contributed by atoms with Gasteiger partial charge in [-0.15, -0.1) is 0 Å². The van der Waals surface area contributed by atoms with Gasteiger partial charge in [0.05, 0.1) is 29.4 Å². The minimum Gasteiger partial charge on any atom is -0.465 e. The Bertz CT molecular complexity index is 1070. The Kier molecular flexibility index (Phi) is 4.13. The van der Waals surface area contributed by atoms with Crippen LogP contribution in [0.15, 0.2) is 69.6 Å². The Hall–Kier alpha value is -2.11. The highest BCUT2D eigenvalue weighted by molar-refractivity contribution is 9.10. The maximum absolute atomic E-state index is 12.3.